The molecule has 0 aromatic carbocycles. The Hall–Kier alpha value is -1.64. The molecular formula is C11H14N5O4P. The minimum Gasteiger partial charge on any atom is -0.382 e. The average molecular weight is 311 g/mol. The molecule has 0 spiro atoms. The Bertz CT molecular complexity index is 661. The molecular weight excluding hydrogens is 297 g/mol. The normalized spacial score (nSPS) is 21.7. The minimum atomic E-state index is -2.39. The second-order valence-corrected chi connectivity index (χ2v) is 5.24. The lowest BCUT2D eigenvalue weighted by atomic mass is 10.2. The first-order valence-corrected chi connectivity index (χ1v) is 7.35. The van der Waals surface area contributed by atoms with Gasteiger partial charge in [-0.3, -0.25) is 4.52 Å². The van der Waals surface area contributed by atoms with Crippen LogP contribution in [0.2, 0.25) is 0 Å². The largest absolute Gasteiger partial charge is 0.382 e. The van der Waals surface area contributed by atoms with Crippen LogP contribution in [0.3, 0.4) is 0 Å². The molecule has 9 nitrogen and oxygen atoms in total. The summed E-state index contributed by atoms with van der Waals surface area (Å²) >= 11 is 0. The van der Waals surface area contributed by atoms with Gasteiger partial charge in [-0.15, -0.1) is 0 Å². The summed E-state index contributed by atoms with van der Waals surface area (Å²) in [5.41, 5.74) is 7.00. The molecule has 0 bridgehead atoms. The first-order chi connectivity index (χ1) is 10.1. The van der Waals surface area contributed by atoms with Crippen LogP contribution in [0, 0.1) is 0 Å². The molecule has 112 valence electrons. The first kappa shape index (κ1) is 14.3. The molecule has 2 aromatic heterocycles. The van der Waals surface area contributed by atoms with Crippen LogP contribution in [0.25, 0.3) is 11.2 Å². The van der Waals surface area contributed by atoms with Crippen LogP contribution in [-0.2, 0) is 9.26 Å². The van der Waals surface area contributed by atoms with Crippen LogP contribution in [-0.4, -0.2) is 42.2 Å². The number of anilines is 1. The quantitative estimate of drug-likeness (QED) is 0.413. The summed E-state index contributed by atoms with van der Waals surface area (Å²) in [4.78, 5) is 29.6. The molecule has 0 saturated heterocycles. The van der Waals surface area contributed by atoms with Gasteiger partial charge in [-0.2, -0.15) is 0 Å². The number of hydrogen-bond donors (Lipinski definition) is 3. The molecule has 0 amide bonds. The van der Waals surface area contributed by atoms with Crippen LogP contribution >= 0.6 is 8.60 Å². The average Bonchev–Trinajstić information content (AvgIpc) is 3.05. The number of imidazole rings is 1. The number of aromatic nitrogens is 4. The van der Waals surface area contributed by atoms with Gasteiger partial charge < -0.3 is 24.8 Å². The van der Waals surface area contributed by atoms with Crippen molar-refractivity contribution in [1.82, 2.24) is 19.5 Å². The van der Waals surface area contributed by atoms with Gasteiger partial charge in [0.1, 0.15) is 11.8 Å². The number of nitrogens with zero attached hydrogens (tertiary/aromatic N) is 4. The maximum atomic E-state index is 8.63. The molecule has 0 aliphatic heterocycles. The maximum Gasteiger partial charge on any atom is 0.329 e. The molecule has 3 rings (SSSR count). The minimum absolute atomic E-state index is 0.0408. The fourth-order valence-corrected chi connectivity index (χ4v) is 2.41. The molecule has 1 aliphatic rings. The Morgan fingerprint density at radius 2 is 2.19 bits per heavy atom. The summed E-state index contributed by atoms with van der Waals surface area (Å²) in [5.74, 6) is 0.348. The van der Waals surface area contributed by atoms with Gasteiger partial charge in [0, 0.05) is 6.42 Å². The van der Waals surface area contributed by atoms with Crippen LogP contribution in [0.15, 0.2) is 24.8 Å². The number of allylic oxidation sites excluding steroid dienone is 1. The van der Waals surface area contributed by atoms with E-state index < -0.39 is 8.60 Å². The van der Waals surface area contributed by atoms with E-state index in [-0.39, 0.29) is 18.9 Å². The van der Waals surface area contributed by atoms with E-state index in [4.69, 9.17) is 20.3 Å². The third-order valence-corrected chi connectivity index (χ3v) is 3.55. The van der Waals surface area contributed by atoms with E-state index in [9.17, 15) is 0 Å². The fraction of sp³-hybridized carbons (Fsp3) is 0.364. The highest BCUT2D eigenvalue weighted by molar-refractivity contribution is 7.39. The highest BCUT2D eigenvalue weighted by Gasteiger charge is 2.23. The molecule has 1 aliphatic carbocycles. The number of nitrogen functional groups attached to an aromatic ring is 1. The molecule has 0 radical (unpaired) electrons. The van der Waals surface area contributed by atoms with Gasteiger partial charge in [-0.1, -0.05) is 12.2 Å². The first-order valence-electron chi connectivity index (χ1n) is 6.19. The summed E-state index contributed by atoms with van der Waals surface area (Å²) < 4.78 is 11.9. The van der Waals surface area contributed by atoms with Crippen molar-refractivity contribution in [3.8, 4) is 0 Å². The lowest BCUT2D eigenvalue weighted by Gasteiger charge is -2.14. The van der Waals surface area contributed by atoms with Crippen molar-refractivity contribution in [2.45, 2.75) is 18.6 Å². The predicted molar refractivity (Wildman–Crippen MR) is 74.7 cm³/mol. The number of nitrogens with two attached hydrogens (primary N) is 1. The standard InChI is InChI=1S/C11H14N5O4P/c12-10-9-11(14-4-13-10)16(5-15-9)7-1-2-8(3-7)19-6-20-21(17)18/h1-2,4-5,7-8,17-18H,3,6H2,(H2,12,13,14). The lowest BCUT2D eigenvalue weighted by molar-refractivity contribution is -0.0228. The summed E-state index contributed by atoms with van der Waals surface area (Å²) in [6.45, 7) is -0.166. The van der Waals surface area contributed by atoms with Gasteiger partial charge in [0.2, 0.25) is 0 Å². The highest BCUT2D eigenvalue weighted by Crippen LogP contribution is 2.30. The Labute approximate surface area is 121 Å². The molecule has 2 aromatic rings. The zero-order valence-electron chi connectivity index (χ0n) is 10.9. The third kappa shape index (κ3) is 3.02. The molecule has 4 N–H and O–H groups in total. The van der Waals surface area contributed by atoms with Crippen molar-refractivity contribution in [2.24, 2.45) is 0 Å². The van der Waals surface area contributed by atoms with Gasteiger partial charge >= 0.3 is 8.60 Å². The number of ether oxygens (including phenoxy) is 1. The smallest absolute Gasteiger partial charge is 0.329 e. The van der Waals surface area contributed by atoms with Crippen LogP contribution in [0.4, 0.5) is 5.82 Å². The highest BCUT2D eigenvalue weighted by atomic mass is 31.2. The van der Waals surface area contributed by atoms with Gasteiger partial charge in [-0.05, 0) is 0 Å². The SMILES string of the molecule is Nc1ncnc2c1ncn2C1C=CC(OCOP(O)O)C1. The lowest BCUT2D eigenvalue weighted by Crippen LogP contribution is -2.13. The van der Waals surface area contributed by atoms with Crippen LogP contribution in [0.1, 0.15) is 12.5 Å². The van der Waals surface area contributed by atoms with Crippen molar-refractivity contribution in [3.63, 3.8) is 0 Å². The molecule has 10 heteroatoms. The van der Waals surface area contributed by atoms with E-state index in [1.807, 2.05) is 16.7 Å². The predicted octanol–water partition coefficient (Wildman–Crippen LogP) is 0.480. The van der Waals surface area contributed by atoms with Crippen LogP contribution in [0.5, 0.6) is 0 Å². The Balaban J connectivity index is 1.68. The maximum absolute atomic E-state index is 8.63. The van der Waals surface area contributed by atoms with Crippen molar-refractivity contribution in [2.75, 3.05) is 12.5 Å². The fourth-order valence-electron chi connectivity index (χ4n) is 2.25. The van der Waals surface area contributed by atoms with E-state index >= 15 is 0 Å². The van der Waals surface area contributed by atoms with E-state index in [0.717, 1.165) is 0 Å². The zero-order chi connectivity index (χ0) is 14.8. The zero-order valence-corrected chi connectivity index (χ0v) is 11.8. The second kappa shape index (κ2) is 6.00. The van der Waals surface area contributed by atoms with E-state index in [1.54, 1.807) is 6.33 Å². The third-order valence-electron chi connectivity index (χ3n) is 3.22. The molecule has 2 unspecified atom stereocenters. The van der Waals surface area contributed by atoms with Crippen molar-refractivity contribution < 1.29 is 19.0 Å². The summed E-state index contributed by atoms with van der Waals surface area (Å²) in [7, 11) is -2.39. The van der Waals surface area contributed by atoms with Gasteiger partial charge in [-0.25, -0.2) is 15.0 Å². The van der Waals surface area contributed by atoms with E-state index in [1.165, 1.54) is 6.33 Å². The van der Waals surface area contributed by atoms with Crippen molar-refractivity contribution in [3.05, 3.63) is 24.8 Å². The van der Waals surface area contributed by atoms with Gasteiger partial charge in [0.05, 0.1) is 18.5 Å². The summed E-state index contributed by atoms with van der Waals surface area (Å²) in [6, 6.07) is 0.0408. The molecule has 0 saturated carbocycles. The molecule has 21 heavy (non-hydrogen) atoms. The molecule has 0 fully saturated rings. The van der Waals surface area contributed by atoms with Crippen LogP contribution < -0.4 is 5.73 Å². The summed E-state index contributed by atoms with van der Waals surface area (Å²) in [6.07, 6.45) is 7.45. The van der Waals surface area contributed by atoms with Gasteiger partial charge in [0.25, 0.3) is 0 Å². The van der Waals surface area contributed by atoms with E-state index in [0.29, 0.717) is 23.4 Å². The van der Waals surface area contributed by atoms with Crippen molar-refractivity contribution in [1.29, 1.82) is 0 Å². The van der Waals surface area contributed by atoms with Gasteiger partial charge in [0.15, 0.2) is 18.3 Å². The Morgan fingerprint density at radius 1 is 1.33 bits per heavy atom. The van der Waals surface area contributed by atoms with Crippen molar-refractivity contribution >= 4 is 25.6 Å². The Morgan fingerprint density at radius 3 is 3.00 bits per heavy atom. The topological polar surface area (TPSA) is 129 Å². The van der Waals surface area contributed by atoms with E-state index in [2.05, 4.69) is 19.5 Å². The second-order valence-electron chi connectivity index (χ2n) is 4.48. The number of rotatable bonds is 5. The molecule has 2 heterocycles. The Kier molecular flexibility index (Phi) is 4.09. The monoisotopic (exact) mass is 311 g/mol. The number of fused-ring (bicyclic) bond motifs is 1. The summed E-state index contributed by atoms with van der Waals surface area (Å²) in [5, 5.41) is 0. The number of hydrogen-bond acceptors (Lipinski definition) is 8. The molecule has 2 atom stereocenters.